The zero-order chi connectivity index (χ0) is 56.1. The lowest BCUT2D eigenvalue weighted by atomic mass is 9.98. The minimum Gasteiger partial charge on any atom is -0.479 e. The molecule has 0 aromatic carbocycles. The second-order valence-electron chi connectivity index (χ2n) is 20.9. The molecule has 1 saturated heterocycles. The van der Waals surface area contributed by atoms with Crippen LogP contribution in [0.2, 0.25) is 0 Å². The van der Waals surface area contributed by atoms with E-state index in [2.05, 4.69) is 93.7 Å². The van der Waals surface area contributed by atoms with Gasteiger partial charge in [0.15, 0.2) is 24.6 Å². The van der Waals surface area contributed by atoms with Crippen molar-refractivity contribution in [2.45, 2.75) is 302 Å². The summed E-state index contributed by atoms with van der Waals surface area (Å²) >= 11 is 0. The summed E-state index contributed by atoms with van der Waals surface area (Å²) in [5.74, 6) is -3.17. The van der Waals surface area contributed by atoms with Crippen LogP contribution in [0.4, 0.5) is 0 Å². The number of unbranched alkanes of at least 4 members (excludes halogenated alkanes) is 26. The van der Waals surface area contributed by atoms with Gasteiger partial charge in [-0.2, -0.15) is 0 Å². The number of ether oxygens (including phenoxy) is 5. The molecule has 3 N–H and O–H groups in total. The molecule has 0 spiro atoms. The Morgan fingerprint density at radius 3 is 1.30 bits per heavy atom. The van der Waals surface area contributed by atoms with Crippen LogP contribution in [-0.4, -0.2) is 89.2 Å². The standard InChI is InChI=1S/C65H110O12/c1-4-7-10-13-16-19-22-25-27-29-31-34-36-39-42-45-48-51-57(66)73-54-56(75-58(67)52-49-46-43-40-37-33-24-21-18-15-12-9-6-3)55-74-65-63(61(70)60(69)62(77-65)64(71)72)76-59(68)53-50-47-44-41-38-35-32-30-28-26-23-20-17-14-11-8-5-2/h9,12,17-18,20-21,25-28,33,37,56,60-63,65,69-70H,4-8,10-11,13-16,19,22-24,29-32,34-36,38-55H2,1-3H3,(H,71,72)/b12-9-,20-17-,21-18-,27-25-,28-26-,37-33-. The molecule has 6 unspecified atom stereocenters. The molecule has 6 atom stereocenters. The van der Waals surface area contributed by atoms with E-state index in [4.69, 9.17) is 23.7 Å². The van der Waals surface area contributed by atoms with Crippen molar-refractivity contribution in [2.75, 3.05) is 13.2 Å². The molecule has 1 fully saturated rings. The number of allylic oxidation sites excluding steroid dienone is 12. The van der Waals surface area contributed by atoms with Crippen molar-refractivity contribution in [1.29, 1.82) is 0 Å². The predicted molar refractivity (Wildman–Crippen MR) is 312 cm³/mol. The van der Waals surface area contributed by atoms with Crippen LogP contribution in [0.5, 0.6) is 0 Å². The minimum absolute atomic E-state index is 0.0461. The molecule has 0 amide bonds. The van der Waals surface area contributed by atoms with E-state index in [-0.39, 0.29) is 25.9 Å². The SMILES string of the molecule is CC/C=C\C/C=C\C/C=C\CCCCCC(=O)OC(COC(=O)CCCCCCCCC/C=C\CCCCCCCC)COC1OC(C(=O)O)C(O)C(O)C1OC(=O)CCCCCCCCC/C=C\C/C=C\CCCCC. The maximum absolute atomic E-state index is 13.1. The number of rotatable bonds is 52. The number of carbonyl (C=O) groups is 4. The van der Waals surface area contributed by atoms with E-state index >= 15 is 0 Å². The van der Waals surface area contributed by atoms with Gasteiger partial charge < -0.3 is 39.0 Å². The summed E-state index contributed by atoms with van der Waals surface area (Å²) in [6.07, 6.45) is 54.4. The van der Waals surface area contributed by atoms with Gasteiger partial charge >= 0.3 is 23.9 Å². The number of esters is 3. The topological polar surface area (TPSA) is 175 Å². The van der Waals surface area contributed by atoms with Gasteiger partial charge in [-0.25, -0.2) is 4.79 Å². The van der Waals surface area contributed by atoms with Crippen LogP contribution in [0.3, 0.4) is 0 Å². The van der Waals surface area contributed by atoms with Gasteiger partial charge in [-0.1, -0.05) is 209 Å². The summed E-state index contributed by atoms with van der Waals surface area (Å²) in [4.78, 5) is 51.2. The molecule has 0 saturated carbocycles. The third kappa shape index (κ3) is 42.7. The summed E-state index contributed by atoms with van der Waals surface area (Å²) in [6.45, 7) is 5.83. The number of hydrogen-bond acceptors (Lipinski definition) is 11. The highest BCUT2D eigenvalue weighted by Gasteiger charge is 2.50. The van der Waals surface area contributed by atoms with Crippen LogP contribution < -0.4 is 0 Å². The molecule has 12 heteroatoms. The van der Waals surface area contributed by atoms with Crippen molar-refractivity contribution in [1.82, 2.24) is 0 Å². The molecule has 0 aliphatic carbocycles. The van der Waals surface area contributed by atoms with Crippen LogP contribution in [0.25, 0.3) is 0 Å². The number of aliphatic carboxylic acids is 1. The lowest BCUT2D eigenvalue weighted by molar-refractivity contribution is -0.301. The van der Waals surface area contributed by atoms with Crippen molar-refractivity contribution < 1.29 is 58.2 Å². The summed E-state index contributed by atoms with van der Waals surface area (Å²) in [7, 11) is 0. The summed E-state index contributed by atoms with van der Waals surface area (Å²) in [6, 6.07) is 0. The Bertz CT molecular complexity index is 1620. The van der Waals surface area contributed by atoms with Gasteiger partial charge in [-0.15, -0.1) is 0 Å². The lowest BCUT2D eigenvalue weighted by Gasteiger charge is -2.40. The van der Waals surface area contributed by atoms with Gasteiger partial charge in [-0.05, 0) is 109 Å². The highest BCUT2D eigenvalue weighted by atomic mass is 16.7. The van der Waals surface area contributed by atoms with E-state index < -0.39 is 67.3 Å². The lowest BCUT2D eigenvalue weighted by Crippen LogP contribution is -2.61. The second kappa shape index (κ2) is 52.8. The van der Waals surface area contributed by atoms with Crippen LogP contribution in [0.1, 0.15) is 265 Å². The number of carboxylic acids is 1. The quantitative estimate of drug-likeness (QED) is 0.0228. The Labute approximate surface area is 468 Å². The smallest absolute Gasteiger partial charge is 0.335 e. The van der Waals surface area contributed by atoms with E-state index in [0.717, 1.165) is 122 Å². The first-order valence-electron chi connectivity index (χ1n) is 30.9. The molecule has 0 aromatic rings. The Balaban J connectivity index is 2.68. The van der Waals surface area contributed by atoms with Crippen LogP contribution in [-0.2, 0) is 42.9 Å². The molecular formula is C65H110O12. The van der Waals surface area contributed by atoms with Gasteiger partial charge in [0, 0.05) is 19.3 Å². The average Bonchev–Trinajstić information content (AvgIpc) is 3.42. The van der Waals surface area contributed by atoms with Crippen molar-refractivity contribution in [2.24, 2.45) is 0 Å². The number of hydrogen-bond donors (Lipinski definition) is 3. The largest absolute Gasteiger partial charge is 0.479 e. The van der Waals surface area contributed by atoms with Crippen molar-refractivity contribution in [3.63, 3.8) is 0 Å². The first-order valence-corrected chi connectivity index (χ1v) is 30.9. The van der Waals surface area contributed by atoms with Gasteiger partial charge in [0.25, 0.3) is 0 Å². The normalized spacial score (nSPS) is 18.5. The molecule has 12 nitrogen and oxygen atoms in total. The highest BCUT2D eigenvalue weighted by Crippen LogP contribution is 2.26. The van der Waals surface area contributed by atoms with E-state index in [1.54, 1.807) is 0 Å². The van der Waals surface area contributed by atoms with E-state index in [1.807, 2.05) is 0 Å². The zero-order valence-corrected chi connectivity index (χ0v) is 48.7. The van der Waals surface area contributed by atoms with Crippen molar-refractivity contribution in [3.05, 3.63) is 72.9 Å². The summed E-state index contributed by atoms with van der Waals surface area (Å²) in [5, 5.41) is 31.5. The van der Waals surface area contributed by atoms with Crippen molar-refractivity contribution >= 4 is 23.9 Å². The van der Waals surface area contributed by atoms with E-state index in [1.165, 1.54) is 83.5 Å². The van der Waals surface area contributed by atoms with Crippen LogP contribution >= 0.6 is 0 Å². The summed E-state index contributed by atoms with van der Waals surface area (Å²) in [5.41, 5.74) is 0. The third-order valence-electron chi connectivity index (χ3n) is 13.7. The van der Waals surface area contributed by atoms with Gasteiger partial charge in [-0.3, -0.25) is 14.4 Å². The van der Waals surface area contributed by atoms with Gasteiger partial charge in [0.2, 0.25) is 0 Å². The Hall–Kier alpha value is -3.84. The fourth-order valence-corrected chi connectivity index (χ4v) is 9.00. The first-order chi connectivity index (χ1) is 37.6. The zero-order valence-electron chi connectivity index (χ0n) is 48.7. The number of carbonyl (C=O) groups excluding carboxylic acids is 3. The second-order valence-corrected chi connectivity index (χ2v) is 20.9. The molecule has 442 valence electrons. The Morgan fingerprint density at radius 2 is 0.818 bits per heavy atom. The average molecular weight is 1080 g/mol. The predicted octanol–water partition coefficient (Wildman–Crippen LogP) is 16.1. The number of aliphatic hydroxyl groups is 2. The van der Waals surface area contributed by atoms with Gasteiger partial charge in [0.05, 0.1) is 6.61 Å². The highest BCUT2D eigenvalue weighted by molar-refractivity contribution is 5.74. The fraction of sp³-hybridized carbons (Fsp3) is 0.754. The minimum atomic E-state index is -1.91. The molecule has 1 aliphatic heterocycles. The summed E-state index contributed by atoms with van der Waals surface area (Å²) < 4.78 is 28.4. The first kappa shape index (κ1) is 71.2. The van der Waals surface area contributed by atoms with Crippen molar-refractivity contribution in [3.8, 4) is 0 Å². The molecule has 1 aliphatic rings. The molecule has 1 rings (SSSR count). The molecule has 0 radical (unpaired) electrons. The third-order valence-corrected chi connectivity index (χ3v) is 13.7. The molecule has 0 aromatic heterocycles. The molecular weight excluding hydrogens is 973 g/mol. The Morgan fingerprint density at radius 1 is 0.442 bits per heavy atom. The molecule has 1 heterocycles. The number of aliphatic hydroxyl groups excluding tert-OH is 2. The van der Waals surface area contributed by atoms with E-state index in [0.29, 0.717) is 19.3 Å². The monoisotopic (exact) mass is 1080 g/mol. The number of carboxylic acid groups (broad SMARTS) is 1. The fourth-order valence-electron chi connectivity index (χ4n) is 9.00. The maximum atomic E-state index is 13.1. The van der Waals surface area contributed by atoms with E-state index in [9.17, 15) is 34.5 Å². The molecule has 77 heavy (non-hydrogen) atoms. The van der Waals surface area contributed by atoms with Gasteiger partial charge in [0.1, 0.15) is 18.8 Å². The Kier molecular flexibility index (Phi) is 48.8. The van der Waals surface area contributed by atoms with Crippen LogP contribution in [0, 0.1) is 0 Å². The molecule has 0 bridgehead atoms. The van der Waals surface area contributed by atoms with Crippen LogP contribution in [0.15, 0.2) is 72.9 Å². The maximum Gasteiger partial charge on any atom is 0.335 e.